The van der Waals surface area contributed by atoms with E-state index in [1.165, 1.54) is 18.3 Å². The van der Waals surface area contributed by atoms with Crippen LogP contribution in [0.4, 0.5) is 4.39 Å². The van der Waals surface area contributed by atoms with E-state index in [-0.39, 0.29) is 27.8 Å². The molecule has 0 bridgehead atoms. The molecule has 0 saturated heterocycles. The molecule has 1 N–H and O–H groups in total. The fourth-order valence-electron chi connectivity index (χ4n) is 2.91. The average Bonchev–Trinajstić information content (AvgIpc) is 2.74. The number of aromatic hydroxyl groups is 1. The summed E-state index contributed by atoms with van der Waals surface area (Å²) in [6.45, 7) is 0. The van der Waals surface area contributed by atoms with Crippen LogP contribution in [0.2, 0.25) is 0 Å². The Bertz CT molecular complexity index is 1120. The number of phenolic OH excluding ortho intramolecular Hbond substituents is 1. The highest BCUT2D eigenvalue weighted by Crippen LogP contribution is 2.32. The topological polar surface area (TPSA) is 103 Å². The number of phenols is 1. The quantitative estimate of drug-likeness (QED) is 0.401. The van der Waals surface area contributed by atoms with Crippen molar-refractivity contribution in [2.24, 2.45) is 0 Å². The van der Waals surface area contributed by atoms with Crippen LogP contribution in [0.1, 0.15) is 31.8 Å². The Morgan fingerprint density at radius 3 is 2.31 bits per heavy atom. The molecule has 0 spiro atoms. The Morgan fingerprint density at radius 1 is 1.00 bits per heavy atom. The Kier molecular flexibility index (Phi) is 5.54. The van der Waals surface area contributed by atoms with Gasteiger partial charge in [0.1, 0.15) is 16.9 Å². The SMILES string of the molecule is COC(=O)C(=O)c1cc(C(=O)OC)c(O)c2ncc(Cc3ccc(F)cc3)cc12. The minimum atomic E-state index is -1.13. The number of aromatic nitrogens is 1. The highest BCUT2D eigenvalue weighted by Gasteiger charge is 2.26. The van der Waals surface area contributed by atoms with Gasteiger partial charge in [0.2, 0.25) is 0 Å². The molecule has 148 valence electrons. The summed E-state index contributed by atoms with van der Waals surface area (Å²) in [5.74, 6) is -3.85. The number of methoxy groups -OCH3 is 2. The number of nitrogens with zero attached hydrogens (tertiary/aromatic N) is 1. The fraction of sp³-hybridized carbons (Fsp3) is 0.143. The van der Waals surface area contributed by atoms with Crippen molar-refractivity contribution in [3.63, 3.8) is 0 Å². The van der Waals surface area contributed by atoms with Crippen molar-refractivity contribution in [3.8, 4) is 5.75 Å². The van der Waals surface area contributed by atoms with Gasteiger partial charge >= 0.3 is 11.9 Å². The number of esters is 2. The molecule has 0 aliphatic carbocycles. The molecule has 1 aromatic heterocycles. The van der Waals surface area contributed by atoms with Gasteiger partial charge in [0.05, 0.1) is 14.2 Å². The maximum atomic E-state index is 13.1. The Labute approximate surface area is 164 Å². The minimum absolute atomic E-state index is 0.0389. The maximum absolute atomic E-state index is 13.1. The third-order valence-corrected chi connectivity index (χ3v) is 4.34. The summed E-state index contributed by atoms with van der Waals surface area (Å²) in [6.07, 6.45) is 1.83. The number of hydrogen-bond acceptors (Lipinski definition) is 7. The van der Waals surface area contributed by atoms with E-state index < -0.39 is 23.5 Å². The molecule has 0 radical (unpaired) electrons. The van der Waals surface area contributed by atoms with Crippen molar-refractivity contribution in [3.05, 3.63) is 70.7 Å². The summed E-state index contributed by atoms with van der Waals surface area (Å²) < 4.78 is 22.2. The number of rotatable bonds is 5. The first-order chi connectivity index (χ1) is 13.8. The number of benzene rings is 2. The zero-order valence-electron chi connectivity index (χ0n) is 15.6. The summed E-state index contributed by atoms with van der Waals surface area (Å²) in [7, 11) is 2.18. The molecule has 0 aliphatic rings. The molecular formula is C21H16FNO6. The van der Waals surface area contributed by atoms with Crippen LogP contribution in [0, 0.1) is 5.82 Å². The van der Waals surface area contributed by atoms with Gasteiger partial charge in [0.25, 0.3) is 5.78 Å². The molecule has 3 aromatic rings. The van der Waals surface area contributed by atoms with Gasteiger partial charge in [0, 0.05) is 17.1 Å². The third kappa shape index (κ3) is 3.91. The number of hydrogen-bond donors (Lipinski definition) is 1. The van der Waals surface area contributed by atoms with Crippen molar-refractivity contribution in [1.29, 1.82) is 0 Å². The molecule has 0 unspecified atom stereocenters. The first-order valence-corrected chi connectivity index (χ1v) is 8.45. The lowest BCUT2D eigenvalue weighted by Crippen LogP contribution is -2.17. The molecular weight excluding hydrogens is 381 g/mol. The summed E-state index contributed by atoms with van der Waals surface area (Å²) in [5.41, 5.74) is 0.949. The zero-order valence-corrected chi connectivity index (χ0v) is 15.6. The van der Waals surface area contributed by atoms with Gasteiger partial charge in [-0.1, -0.05) is 12.1 Å². The zero-order chi connectivity index (χ0) is 21.1. The first-order valence-electron chi connectivity index (χ1n) is 8.45. The number of ketones is 1. The van der Waals surface area contributed by atoms with Crippen molar-refractivity contribution in [2.75, 3.05) is 14.2 Å². The molecule has 0 aliphatic heterocycles. The molecule has 8 heteroatoms. The van der Waals surface area contributed by atoms with Crippen molar-refractivity contribution >= 4 is 28.6 Å². The highest BCUT2D eigenvalue weighted by molar-refractivity contribution is 6.43. The molecule has 7 nitrogen and oxygen atoms in total. The van der Waals surface area contributed by atoms with Gasteiger partial charge in [-0.15, -0.1) is 0 Å². The second-order valence-electron chi connectivity index (χ2n) is 6.18. The molecule has 29 heavy (non-hydrogen) atoms. The standard InChI is InChI=1S/C21H16FNO6/c1-28-20(26)16-9-15(19(25)21(27)29-2)14-8-12(10-23-17(14)18(16)24)7-11-3-5-13(22)6-4-11/h3-6,8-10,24H,7H2,1-2H3. The second kappa shape index (κ2) is 8.05. The summed E-state index contributed by atoms with van der Waals surface area (Å²) in [6, 6.07) is 8.51. The van der Waals surface area contributed by atoms with Gasteiger partial charge in [0.15, 0.2) is 5.75 Å². The molecule has 3 rings (SSSR count). The highest BCUT2D eigenvalue weighted by atomic mass is 19.1. The number of ether oxygens (including phenoxy) is 2. The molecule has 2 aromatic carbocycles. The summed E-state index contributed by atoms with van der Waals surface area (Å²) in [4.78, 5) is 40.4. The lowest BCUT2D eigenvalue weighted by molar-refractivity contribution is -0.135. The van der Waals surface area contributed by atoms with Crippen LogP contribution in [0.15, 0.2) is 42.6 Å². The molecule has 0 saturated carbocycles. The molecule has 1 heterocycles. The summed E-state index contributed by atoms with van der Waals surface area (Å²) in [5, 5.41) is 10.6. The van der Waals surface area contributed by atoms with Gasteiger partial charge in [-0.05, 0) is 41.8 Å². The Morgan fingerprint density at radius 2 is 1.69 bits per heavy atom. The number of Topliss-reactive ketones (excluding diaryl/α,β-unsaturated/α-hetero) is 1. The predicted molar refractivity (Wildman–Crippen MR) is 100 cm³/mol. The lowest BCUT2D eigenvalue weighted by atomic mass is 9.97. The molecule has 0 atom stereocenters. The normalized spacial score (nSPS) is 10.6. The Balaban J connectivity index is 2.18. The van der Waals surface area contributed by atoms with Gasteiger partial charge in [-0.2, -0.15) is 0 Å². The molecule has 0 fully saturated rings. The predicted octanol–water partition coefficient (Wildman–Crippen LogP) is 2.81. The average molecular weight is 397 g/mol. The van der Waals surface area contributed by atoms with Gasteiger partial charge < -0.3 is 14.6 Å². The number of halogens is 1. The third-order valence-electron chi connectivity index (χ3n) is 4.34. The fourth-order valence-corrected chi connectivity index (χ4v) is 2.91. The number of pyridine rings is 1. The van der Waals surface area contributed by atoms with E-state index in [1.807, 2.05) is 0 Å². The van der Waals surface area contributed by atoms with Crippen LogP contribution in [0.5, 0.6) is 5.75 Å². The van der Waals surface area contributed by atoms with Crippen molar-refractivity contribution in [2.45, 2.75) is 6.42 Å². The van der Waals surface area contributed by atoms with E-state index in [9.17, 15) is 23.9 Å². The van der Waals surface area contributed by atoms with Gasteiger partial charge in [-0.3, -0.25) is 9.78 Å². The van der Waals surface area contributed by atoms with Crippen LogP contribution in [-0.4, -0.2) is 42.0 Å². The molecule has 0 amide bonds. The number of carbonyl (C=O) groups is 3. The van der Waals surface area contributed by atoms with Crippen LogP contribution in [0.3, 0.4) is 0 Å². The Hall–Kier alpha value is -3.81. The number of fused-ring (bicyclic) bond motifs is 1. The smallest absolute Gasteiger partial charge is 0.379 e. The lowest BCUT2D eigenvalue weighted by Gasteiger charge is -2.12. The maximum Gasteiger partial charge on any atom is 0.379 e. The second-order valence-corrected chi connectivity index (χ2v) is 6.18. The van der Waals surface area contributed by atoms with E-state index >= 15 is 0 Å². The van der Waals surface area contributed by atoms with E-state index in [1.54, 1.807) is 18.2 Å². The first kappa shape index (κ1) is 19.9. The van der Waals surface area contributed by atoms with Gasteiger partial charge in [-0.25, -0.2) is 14.0 Å². The van der Waals surface area contributed by atoms with E-state index in [0.29, 0.717) is 12.0 Å². The van der Waals surface area contributed by atoms with E-state index in [0.717, 1.165) is 25.8 Å². The van der Waals surface area contributed by atoms with E-state index in [2.05, 4.69) is 14.5 Å². The van der Waals surface area contributed by atoms with Crippen LogP contribution in [0.25, 0.3) is 10.9 Å². The monoisotopic (exact) mass is 397 g/mol. The van der Waals surface area contributed by atoms with Crippen LogP contribution < -0.4 is 0 Å². The van der Waals surface area contributed by atoms with Crippen LogP contribution in [-0.2, 0) is 20.7 Å². The van der Waals surface area contributed by atoms with Crippen LogP contribution >= 0.6 is 0 Å². The van der Waals surface area contributed by atoms with E-state index in [4.69, 9.17) is 0 Å². The minimum Gasteiger partial charge on any atom is -0.505 e. The number of carbonyl (C=O) groups excluding carboxylic acids is 3. The largest absolute Gasteiger partial charge is 0.505 e. The summed E-state index contributed by atoms with van der Waals surface area (Å²) >= 11 is 0. The van der Waals surface area contributed by atoms with Crippen molar-refractivity contribution in [1.82, 2.24) is 4.98 Å². The van der Waals surface area contributed by atoms with Crippen molar-refractivity contribution < 1.29 is 33.4 Å².